The average molecular weight is 415 g/mol. The lowest BCUT2D eigenvalue weighted by molar-refractivity contribution is 0.0559. The number of hydrogen-bond donors (Lipinski definition) is 0. The highest BCUT2D eigenvalue weighted by Gasteiger charge is 2.29. The minimum atomic E-state index is 0. The molecule has 2 aromatic carbocycles. The number of nitrogens with zero attached hydrogens (tertiary/aromatic N) is 2. The maximum atomic E-state index is 5.51. The summed E-state index contributed by atoms with van der Waals surface area (Å²) in [6, 6.07) is 20.8. The van der Waals surface area contributed by atoms with Crippen LogP contribution in [0.3, 0.4) is 0 Å². The highest BCUT2D eigenvalue weighted by molar-refractivity contribution is 5.85. The van der Waals surface area contributed by atoms with Gasteiger partial charge >= 0.3 is 0 Å². The normalized spacial score (nSPS) is 20.0. The van der Waals surface area contributed by atoms with E-state index in [1.54, 1.807) is 7.11 Å². The van der Waals surface area contributed by atoms with Crippen molar-refractivity contribution in [2.24, 2.45) is 0 Å². The van der Waals surface area contributed by atoms with Crippen LogP contribution >= 0.6 is 12.4 Å². The van der Waals surface area contributed by atoms with Gasteiger partial charge in [-0.1, -0.05) is 61.7 Å². The molecule has 1 heterocycles. The molecule has 1 aliphatic heterocycles. The first-order valence-corrected chi connectivity index (χ1v) is 11.0. The molecule has 1 atom stereocenters. The molecular weight excluding hydrogens is 380 g/mol. The van der Waals surface area contributed by atoms with Crippen molar-refractivity contribution in [3.05, 3.63) is 65.7 Å². The largest absolute Gasteiger partial charge is 0.497 e. The fraction of sp³-hybridized carbons (Fsp3) is 0.520. The van der Waals surface area contributed by atoms with Gasteiger partial charge in [-0.25, -0.2) is 0 Å². The zero-order valence-corrected chi connectivity index (χ0v) is 18.4. The first-order valence-electron chi connectivity index (χ1n) is 11.0. The van der Waals surface area contributed by atoms with Crippen molar-refractivity contribution in [2.75, 3.05) is 33.3 Å². The molecule has 0 N–H and O–H groups in total. The fourth-order valence-electron chi connectivity index (χ4n) is 5.00. The van der Waals surface area contributed by atoms with E-state index in [9.17, 15) is 0 Å². The fourth-order valence-corrected chi connectivity index (χ4v) is 5.00. The van der Waals surface area contributed by atoms with Crippen molar-refractivity contribution in [3.8, 4) is 5.75 Å². The van der Waals surface area contributed by atoms with Gasteiger partial charge in [0.05, 0.1) is 7.11 Å². The number of benzene rings is 2. The van der Waals surface area contributed by atoms with Gasteiger partial charge in [-0.05, 0) is 42.5 Å². The average Bonchev–Trinajstić information content (AvgIpc) is 2.79. The predicted molar refractivity (Wildman–Crippen MR) is 123 cm³/mol. The number of hydrogen-bond acceptors (Lipinski definition) is 3. The van der Waals surface area contributed by atoms with E-state index in [4.69, 9.17) is 4.74 Å². The molecule has 0 aromatic heterocycles. The first kappa shape index (κ1) is 22.1. The maximum Gasteiger partial charge on any atom is 0.119 e. The second-order valence-electron chi connectivity index (χ2n) is 8.35. The van der Waals surface area contributed by atoms with E-state index in [2.05, 4.69) is 58.3 Å². The summed E-state index contributed by atoms with van der Waals surface area (Å²) in [5, 5.41) is 0. The minimum Gasteiger partial charge on any atom is -0.497 e. The maximum absolute atomic E-state index is 5.51. The van der Waals surface area contributed by atoms with Gasteiger partial charge in [-0.2, -0.15) is 0 Å². The van der Waals surface area contributed by atoms with Gasteiger partial charge in [0.2, 0.25) is 0 Å². The lowest BCUT2D eigenvalue weighted by Crippen LogP contribution is -2.51. The Bertz CT molecular complexity index is 725. The SMILES string of the molecule is COc1cccc(C(Cc2ccccc2)N2CCN(C3CCCCC3)CC2)c1.Cl. The van der Waals surface area contributed by atoms with Crippen LogP contribution in [0, 0.1) is 0 Å². The van der Waals surface area contributed by atoms with Crippen molar-refractivity contribution in [3.63, 3.8) is 0 Å². The molecule has 0 spiro atoms. The Morgan fingerprint density at radius 1 is 0.897 bits per heavy atom. The Labute approximate surface area is 182 Å². The van der Waals surface area contributed by atoms with Gasteiger partial charge in [0, 0.05) is 38.3 Å². The molecule has 0 radical (unpaired) electrons. The smallest absolute Gasteiger partial charge is 0.119 e. The zero-order chi connectivity index (χ0) is 19.2. The van der Waals surface area contributed by atoms with Crippen LogP contribution in [-0.4, -0.2) is 49.1 Å². The van der Waals surface area contributed by atoms with Crippen molar-refractivity contribution in [1.29, 1.82) is 0 Å². The first-order chi connectivity index (χ1) is 13.8. The van der Waals surface area contributed by atoms with Crippen LogP contribution in [0.2, 0.25) is 0 Å². The van der Waals surface area contributed by atoms with Crippen molar-refractivity contribution in [2.45, 2.75) is 50.6 Å². The molecule has 158 valence electrons. The Hall–Kier alpha value is -1.55. The van der Waals surface area contributed by atoms with E-state index in [0.29, 0.717) is 6.04 Å². The summed E-state index contributed by atoms with van der Waals surface area (Å²) in [6.07, 6.45) is 8.15. The second kappa shape index (κ2) is 11.0. The monoisotopic (exact) mass is 414 g/mol. The van der Waals surface area contributed by atoms with E-state index in [0.717, 1.165) is 31.3 Å². The summed E-state index contributed by atoms with van der Waals surface area (Å²) < 4.78 is 5.51. The van der Waals surface area contributed by atoms with E-state index >= 15 is 0 Å². The third-order valence-corrected chi connectivity index (χ3v) is 6.63. The minimum absolute atomic E-state index is 0. The molecule has 29 heavy (non-hydrogen) atoms. The number of halogens is 1. The van der Waals surface area contributed by atoms with E-state index in [1.807, 2.05) is 6.07 Å². The van der Waals surface area contributed by atoms with E-state index < -0.39 is 0 Å². The molecular formula is C25H35ClN2O. The molecule has 1 saturated heterocycles. The Balaban J connectivity index is 0.00000240. The highest BCUT2D eigenvalue weighted by atomic mass is 35.5. The molecule has 2 aromatic rings. The van der Waals surface area contributed by atoms with Gasteiger partial charge in [-0.15, -0.1) is 12.4 Å². The van der Waals surface area contributed by atoms with Gasteiger partial charge in [0.25, 0.3) is 0 Å². The van der Waals surface area contributed by atoms with Gasteiger partial charge in [0.15, 0.2) is 0 Å². The van der Waals surface area contributed by atoms with Crippen LogP contribution in [0.5, 0.6) is 5.75 Å². The molecule has 4 rings (SSSR count). The molecule has 2 fully saturated rings. The second-order valence-corrected chi connectivity index (χ2v) is 8.35. The Morgan fingerprint density at radius 3 is 2.31 bits per heavy atom. The quantitative estimate of drug-likeness (QED) is 0.633. The number of rotatable bonds is 6. The Morgan fingerprint density at radius 2 is 1.62 bits per heavy atom. The standard InChI is InChI=1S/C25H34N2O.ClH/c1-28-24-14-8-11-22(20-24)25(19-21-9-4-2-5-10-21)27-17-15-26(16-18-27)23-12-6-3-7-13-23;/h2,4-5,8-11,14,20,23,25H,3,6-7,12-13,15-19H2,1H3;1H. The van der Waals surface area contributed by atoms with Crippen molar-refractivity contribution in [1.82, 2.24) is 9.80 Å². The molecule has 1 saturated carbocycles. The van der Waals surface area contributed by atoms with Crippen LogP contribution < -0.4 is 4.74 Å². The van der Waals surface area contributed by atoms with Gasteiger partial charge in [-0.3, -0.25) is 9.80 Å². The van der Waals surface area contributed by atoms with Crippen LogP contribution in [0.4, 0.5) is 0 Å². The van der Waals surface area contributed by atoms with E-state index in [-0.39, 0.29) is 12.4 Å². The van der Waals surface area contributed by atoms with Gasteiger partial charge < -0.3 is 4.74 Å². The zero-order valence-electron chi connectivity index (χ0n) is 17.6. The summed E-state index contributed by atoms with van der Waals surface area (Å²) in [5.41, 5.74) is 2.78. The summed E-state index contributed by atoms with van der Waals surface area (Å²) in [6.45, 7) is 4.73. The number of ether oxygens (including phenoxy) is 1. The lowest BCUT2D eigenvalue weighted by Gasteiger charge is -2.43. The van der Waals surface area contributed by atoms with Crippen molar-refractivity contribution >= 4 is 12.4 Å². The molecule has 2 aliphatic rings. The van der Waals surface area contributed by atoms with E-state index in [1.165, 1.54) is 56.3 Å². The summed E-state index contributed by atoms with van der Waals surface area (Å²) >= 11 is 0. The lowest BCUT2D eigenvalue weighted by atomic mass is 9.93. The summed E-state index contributed by atoms with van der Waals surface area (Å²) in [7, 11) is 1.76. The van der Waals surface area contributed by atoms with Crippen LogP contribution in [0.15, 0.2) is 54.6 Å². The molecule has 1 unspecified atom stereocenters. The molecule has 0 bridgehead atoms. The Kier molecular flexibility index (Phi) is 8.40. The molecule has 4 heteroatoms. The van der Waals surface area contributed by atoms with Crippen LogP contribution in [0.25, 0.3) is 0 Å². The van der Waals surface area contributed by atoms with Crippen LogP contribution in [-0.2, 0) is 6.42 Å². The predicted octanol–water partition coefficient (Wildman–Crippen LogP) is 5.35. The van der Waals surface area contributed by atoms with Gasteiger partial charge in [0.1, 0.15) is 5.75 Å². The van der Waals surface area contributed by atoms with Crippen molar-refractivity contribution < 1.29 is 4.74 Å². The summed E-state index contributed by atoms with van der Waals surface area (Å²) in [4.78, 5) is 5.46. The highest BCUT2D eigenvalue weighted by Crippen LogP contribution is 2.30. The molecule has 1 aliphatic carbocycles. The number of piperazine rings is 1. The molecule has 3 nitrogen and oxygen atoms in total. The third-order valence-electron chi connectivity index (χ3n) is 6.63. The molecule has 0 amide bonds. The summed E-state index contributed by atoms with van der Waals surface area (Å²) in [5.74, 6) is 0.955. The van der Waals surface area contributed by atoms with Crippen LogP contribution in [0.1, 0.15) is 49.3 Å². The third kappa shape index (κ3) is 5.75. The topological polar surface area (TPSA) is 15.7 Å². The number of methoxy groups -OCH3 is 1.